The van der Waals surface area contributed by atoms with Crippen molar-refractivity contribution in [3.05, 3.63) is 55.9 Å². The van der Waals surface area contributed by atoms with Gasteiger partial charge in [0.05, 0.1) is 16.8 Å². The predicted octanol–water partition coefficient (Wildman–Crippen LogP) is 4.30. The van der Waals surface area contributed by atoms with E-state index in [9.17, 15) is 9.59 Å². The van der Waals surface area contributed by atoms with Crippen LogP contribution in [0.15, 0.2) is 29.1 Å². The number of rotatable bonds is 5. The lowest BCUT2D eigenvalue weighted by Gasteiger charge is -2.17. The average Bonchev–Trinajstić information content (AvgIpc) is 2.89. The summed E-state index contributed by atoms with van der Waals surface area (Å²) in [5, 5.41) is 1.23. The minimum atomic E-state index is -0.116. The van der Waals surface area contributed by atoms with Crippen LogP contribution in [0.25, 0.3) is 10.2 Å². The van der Waals surface area contributed by atoms with Crippen molar-refractivity contribution in [3.63, 3.8) is 0 Å². The quantitative estimate of drug-likeness (QED) is 0.587. The molecule has 1 amide bonds. The van der Waals surface area contributed by atoms with Crippen molar-refractivity contribution in [2.45, 2.75) is 39.2 Å². The number of aromatic nitrogens is 2. The smallest absolute Gasteiger partial charge is 0.264 e. The molecular weight excluding hydrogens is 422 g/mol. The first kappa shape index (κ1) is 20.9. The molecular formula is C22H24ClN3O3S. The zero-order chi connectivity index (χ0) is 21.3. The number of carbonyl (C=O) groups excluding carboxylic acids is 1. The molecule has 4 rings (SSSR count). The molecule has 0 bridgehead atoms. The van der Waals surface area contributed by atoms with E-state index in [-0.39, 0.29) is 11.5 Å². The van der Waals surface area contributed by atoms with E-state index in [1.54, 1.807) is 40.8 Å². The largest absolute Gasteiger partial charge is 0.492 e. The Hall–Kier alpha value is -2.38. The second-order valence-electron chi connectivity index (χ2n) is 7.56. The van der Waals surface area contributed by atoms with Crippen molar-refractivity contribution in [1.82, 2.24) is 14.5 Å². The van der Waals surface area contributed by atoms with Crippen LogP contribution in [0.1, 0.15) is 40.3 Å². The van der Waals surface area contributed by atoms with Gasteiger partial charge in [-0.3, -0.25) is 14.2 Å². The SMILES string of the molecule is Cc1c(C(=O)N(C)CCOc2ccc(Cl)cc2)sc2nc3n(c(=O)c12)CCCCC3. The van der Waals surface area contributed by atoms with E-state index in [2.05, 4.69) is 0 Å². The summed E-state index contributed by atoms with van der Waals surface area (Å²) in [7, 11) is 1.74. The maximum Gasteiger partial charge on any atom is 0.264 e. The fraction of sp³-hybridized carbons (Fsp3) is 0.409. The zero-order valence-corrected chi connectivity index (χ0v) is 18.7. The number of hydrogen-bond acceptors (Lipinski definition) is 5. The van der Waals surface area contributed by atoms with Crippen LogP contribution in [-0.2, 0) is 13.0 Å². The summed E-state index contributed by atoms with van der Waals surface area (Å²) in [5.41, 5.74) is 0.709. The van der Waals surface area contributed by atoms with E-state index >= 15 is 0 Å². The molecule has 1 aromatic carbocycles. The molecule has 0 N–H and O–H groups in total. The lowest BCUT2D eigenvalue weighted by Crippen LogP contribution is -2.30. The van der Waals surface area contributed by atoms with Crippen LogP contribution in [0.2, 0.25) is 5.02 Å². The van der Waals surface area contributed by atoms with Gasteiger partial charge in [-0.1, -0.05) is 18.0 Å². The Kier molecular flexibility index (Phi) is 6.11. The fourth-order valence-corrected chi connectivity index (χ4v) is 5.03. The second-order valence-corrected chi connectivity index (χ2v) is 9.00. The van der Waals surface area contributed by atoms with E-state index in [1.165, 1.54) is 11.3 Å². The number of nitrogens with zero attached hydrogens (tertiary/aromatic N) is 3. The Balaban J connectivity index is 1.52. The van der Waals surface area contributed by atoms with Gasteiger partial charge in [0.1, 0.15) is 23.0 Å². The molecule has 0 saturated carbocycles. The van der Waals surface area contributed by atoms with E-state index < -0.39 is 0 Å². The van der Waals surface area contributed by atoms with E-state index in [1.807, 2.05) is 6.92 Å². The van der Waals surface area contributed by atoms with Crippen LogP contribution in [-0.4, -0.2) is 40.6 Å². The van der Waals surface area contributed by atoms with Crippen LogP contribution in [0, 0.1) is 6.92 Å². The van der Waals surface area contributed by atoms with Crippen LogP contribution >= 0.6 is 22.9 Å². The average molecular weight is 446 g/mol. The molecule has 158 valence electrons. The summed E-state index contributed by atoms with van der Waals surface area (Å²) in [6, 6.07) is 7.12. The molecule has 0 radical (unpaired) electrons. The Bertz CT molecular complexity index is 1140. The topological polar surface area (TPSA) is 64.4 Å². The molecule has 0 unspecified atom stereocenters. The molecule has 30 heavy (non-hydrogen) atoms. The summed E-state index contributed by atoms with van der Waals surface area (Å²) in [5.74, 6) is 1.43. The Morgan fingerprint density at radius 2 is 2.03 bits per heavy atom. The Labute approximate surface area is 184 Å². The number of amides is 1. The molecule has 0 fully saturated rings. The number of benzene rings is 1. The number of thiophene rings is 1. The number of likely N-dealkylation sites (N-methyl/N-ethyl adjacent to an activating group) is 1. The third kappa shape index (κ3) is 4.09. The maximum atomic E-state index is 13.1. The number of carbonyl (C=O) groups is 1. The minimum Gasteiger partial charge on any atom is -0.492 e. The number of halogens is 1. The van der Waals surface area contributed by atoms with Gasteiger partial charge in [-0.25, -0.2) is 4.98 Å². The second kappa shape index (κ2) is 8.78. The molecule has 1 aliphatic rings. The fourth-order valence-electron chi connectivity index (χ4n) is 3.72. The number of hydrogen-bond donors (Lipinski definition) is 0. The first-order valence-corrected chi connectivity index (χ1v) is 11.3. The van der Waals surface area contributed by atoms with Crippen molar-refractivity contribution in [2.24, 2.45) is 0 Å². The molecule has 3 heterocycles. The lowest BCUT2D eigenvalue weighted by atomic mass is 10.2. The van der Waals surface area contributed by atoms with Gasteiger partial charge < -0.3 is 9.64 Å². The van der Waals surface area contributed by atoms with Crippen LogP contribution < -0.4 is 10.3 Å². The van der Waals surface area contributed by atoms with Gasteiger partial charge in [0.25, 0.3) is 11.5 Å². The number of fused-ring (bicyclic) bond motifs is 2. The van der Waals surface area contributed by atoms with Crippen molar-refractivity contribution >= 4 is 39.1 Å². The van der Waals surface area contributed by atoms with Crippen LogP contribution in [0.5, 0.6) is 5.75 Å². The molecule has 1 aliphatic heterocycles. The van der Waals surface area contributed by atoms with E-state index in [0.29, 0.717) is 45.6 Å². The molecule has 8 heteroatoms. The van der Waals surface area contributed by atoms with Crippen molar-refractivity contribution < 1.29 is 9.53 Å². The first-order valence-electron chi connectivity index (χ1n) is 10.1. The Morgan fingerprint density at radius 1 is 1.27 bits per heavy atom. The third-order valence-electron chi connectivity index (χ3n) is 5.46. The van der Waals surface area contributed by atoms with Gasteiger partial charge in [0, 0.05) is 25.0 Å². The molecule has 6 nitrogen and oxygen atoms in total. The van der Waals surface area contributed by atoms with Gasteiger partial charge in [-0.2, -0.15) is 0 Å². The van der Waals surface area contributed by atoms with Gasteiger partial charge in [-0.05, 0) is 49.6 Å². The van der Waals surface area contributed by atoms with E-state index in [0.717, 1.165) is 37.1 Å². The summed E-state index contributed by atoms with van der Waals surface area (Å²) in [6.07, 6.45) is 3.96. The highest BCUT2D eigenvalue weighted by molar-refractivity contribution is 7.20. The third-order valence-corrected chi connectivity index (χ3v) is 6.89. The monoisotopic (exact) mass is 445 g/mol. The van der Waals surface area contributed by atoms with Gasteiger partial charge >= 0.3 is 0 Å². The summed E-state index contributed by atoms with van der Waals surface area (Å²) in [6.45, 7) is 3.34. The van der Waals surface area contributed by atoms with Crippen LogP contribution in [0.4, 0.5) is 0 Å². The van der Waals surface area contributed by atoms with Gasteiger partial charge in [-0.15, -0.1) is 11.3 Å². The van der Waals surface area contributed by atoms with E-state index in [4.69, 9.17) is 21.3 Å². The number of aryl methyl sites for hydroxylation is 2. The number of ether oxygens (including phenoxy) is 1. The lowest BCUT2D eigenvalue weighted by molar-refractivity contribution is 0.0778. The molecule has 0 aliphatic carbocycles. The van der Waals surface area contributed by atoms with Crippen molar-refractivity contribution in [1.29, 1.82) is 0 Å². The van der Waals surface area contributed by atoms with Gasteiger partial charge in [0.2, 0.25) is 0 Å². The molecule has 3 aromatic rings. The Morgan fingerprint density at radius 3 is 2.80 bits per heavy atom. The predicted molar refractivity (Wildman–Crippen MR) is 120 cm³/mol. The first-order chi connectivity index (χ1) is 14.5. The summed E-state index contributed by atoms with van der Waals surface area (Å²) in [4.78, 5) is 33.7. The maximum absolute atomic E-state index is 13.1. The zero-order valence-electron chi connectivity index (χ0n) is 17.1. The molecule has 0 saturated heterocycles. The highest BCUT2D eigenvalue weighted by Gasteiger charge is 2.24. The standard InChI is InChI=1S/C22H24ClN3O3S/c1-14-18-20(24-17-6-4-3-5-11-26(17)21(18)27)30-19(14)22(28)25(2)12-13-29-16-9-7-15(23)8-10-16/h7-10H,3-6,11-13H2,1-2H3. The summed E-state index contributed by atoms with van der Waals surface area (Å²) < 4.78 is 7.49. The van der Waals surface area contributed by atoms with Crippen LogP contribution in [0.3, 0.4) is 0 Å². The summed E-state index contributed by atoms with van der Waals surface area (Å²) >= 11 is 7.19. The normalized spacial score (nSPS) is 13.7. The van der Waals surface area contributed by atoms with Crippen molar-refractivity contribution in [3.8, 4) is 5.75 Å². The molecule has 0 spiro atoms. The van der Waals surface area contributed by atoms with Crippen molar-refractivity contribution in [2.75, 3.05) is 20.2 Å². The minimum absolute atomic E-state index is 0.0153. The molecule has 2 aromatic heterocycles. The molecule has 0 atom stereocenters. The highest BCUT2D eigenvalue weighted by Crippen LogP contribution is 2.29. The highest BCUT2D eigenvalue weighted by atomic mass is 35.5. The van der Waals surface area contributed by atoms with Gasteiger partial charge in [0.15, 0.2) is 0 Å².